The van der Waals surface area contributed by atoms with E-state index in [9.17, 15) is 5.11 Å². The van der Waals surface area contributed by atoms with Gasteiger partial charge in [0.25, 0.3) is 0 Å². The number of unbranched alkanes of at least 4 members (excludes halogenated alkanes) is 1. The van der Waals surface area contributed by atoms with Gasteiger partial charge in [0, 0.05) is 32.2 Å². The van der Waals surface area contributed by atoms with E-state index in [4.69, 9.17) is 4.74 Å². The highest BCUT2D eigenvalue weighted by Gasteiger charge is 2.22. The number of benzene rings is 1. The largest absolute Gasteiger partial charge is 0.504 e. The molecule has 1 atom stereocenters. The molecule has 2 N–H and O–H groups in total. The van der Waals surface area contributed by atoms with E-state index in [0.29, 0.717) is 11.8 Å². The molecule has 0 aromatic heterocycles. The number of phenolic OH excluding ortho intramolecular Hbond substituents is 1. The molecule has 0 bridgehead atoms. The van der Waals surface area contributed by atoms with Gasteiger partial charge in [0.1, 0.15) is 0 Å². The molecular formula is C16H26N2O2. The smallest absolute Gasteiger partial charge is 0.160 e. The van der Waals surface area contributed by atoms with E-state index in [1.165, 1.54) is 18.4 Å². The number of ether oxygens (including phenoxy) is 1. The third kappa shape index (κ3) is 3.64. The van der Waals surface area contributed by atoms with E-state index in [2.05, 4.69) is 17.1 Å². The van der Waals surface area contributed by atoms with Crippen molar-refractivity contribution in [2.45, 2.75) is 32.2 Å². The van der Waals surface area contributed by atoms with E-state index in [-0.39, 0.29) is 5.75 Å². The first-order chi connectivity index (χ1) is 9.76. The van der Waals surface area contributed by atoms with E-state index < -0.39 is 0 Å². The fourth-order valence-corrected chi connectivity index (χ4v) is 2.85. The van der Waals surface area contributed by atoms with Crippen molar-refractivity contribution in [1.29, 1.82) is 0 Å². The molecule has 112 valence electrons. The Balaban J connectivity index is 2.20. The molecule has 4 nitrogen and oxygen atoms in total. The molecule has 4 heteroatoms. The van der Waals surface area contributed by atoms with Gasteiger partial charge in [-0.25, -0.2) is 0 Å². The van der Waals surface area contributed by atoms with E-state index in [1.54, 1.807) is 13.2 Å². The Hall–Kier alpha value is -1.26. The monoisotopic (exact) mass is 278 g/mol. The van der Waals surface area contributed by atoms with Crippen molar-refractivity contribution in [3.8, 4) is 11.5 Å². The van der Waals surface area contributed by atoms with Gasteiger partial charge in [-0.05, 0) is 24.1 Å². The number of hydrogen-bond donors (Lipinski definition) is 2. The first kappa shape index (κ1) is 15.1. The predicted molar refractivity (Wildman–Crippen MR) is 81.4 cm³/mol. The number of methoxy groups -OCH3 is 1. The van der Waals surface area contributed by atoms with Gasteiger partial charge < -0.3 is 15.2 Å². The highest BCUT2D eigenvalue weighted by molar-refractivity contribution is 5.42. The molecule has 0 radical (unpaired) electrons. The zero-order valence-corrected chi connectivity index (χ0v) is 12.6. The van der Waals surface area contributed by atoms with Gasteiger partial charge in [-0.2, -0.15) is 0 Å². The quantitative estimate of drug-likeness (QED) is 0.839. The lowest BCUT2D eigenvalue weighted by atomic mass is 9.98. The minimum Gasteiger partial charge on any atom is -0.504 e. The fraction of sp³-hybridized carbons (Fsp3) is 0.625. The molecule has 1 heterocycles. The van der Waals surface area contributed by atoms with E-state index in [1.807, 2.05) is 12.1 Å². The highest BCUT2D eigenvalue weighted by Crippen LogP contribution is 2.33. The second kappa shape index (κ2) is 7.50. The Bertz CT molecular complexity index is 417. The first-order valence-corrected chi connectivity index (χ1v) is 7.58. The Morgan fingerprint density at radius 1 is 1.35 bits per heavy atom. The average Bonchev–Trinajstić information content (AvgIpc) is 2.50. The summed E-state index contributed by atoms with van der Waals surface area (Å²) in [5.41, 5.74) is 1.25. The number of aromatic hydroxyl groups is 1. The van der Waals surface area contributed by atoms with Gasteiger partial charge in [-0.3, -0.25) is 4.90 Å². The van der Waals surface area contributed by atoms with Crippen LogP contribution in [0.25, 0.3) is 0 Å². The number of nitrogens with zero attached hydrogens (tertiary/aromatic N) is 1. The van der Waals surface area contributed by atoms with Crippen LogP contribution in [0.4, 0.5) is 0 Å². The fourth-order valence-electron chi connectivity index (χ4n) is 2.85. The molecule has 2 rings (SSSR count). The summed E-state index contributed by atoms with van der Waals surface area (Å²) in [6.07, 6.45) is 3.58. The summed E-state index contributed by atoms with van der Waals surface area (Å²) in [5.74, 6) is 0.782. The standard InChI is InChI=1S/C16H26N2O2/c1-3-4-5-14(18-10-8-17-9-11-18)13-6-7-15(19)16(12-13)20-2/h6-7,12,14,17,19H,3-5,8-11H2,1-2H3/t14-/m1/s1. The molecule has 0 aliphatic carbocycles. The number of phenols is 1. The van der Waals surface area contributed by atoms with Crippen molar-refractivity contribution in [2.75, 3.05) is 33.3 Å². The lowest BCUT2D eigenvalue weighted by Gasteiger charge is -2.35. The maximum Gasteiger partial charge on any atom is 0.160 e. The number of rotatable bonds is 6. The van der Waals surface area contributed by atoms with Gasteiger partial charge in [0.05, 0.1) is 7.11 Å². The van der Waals surface area contributed by atoms with Gasteiger partial charge in [0.15, 0.2) is 11.5 Å². The number of hydrogen-bond acceptors (Lipinski definition) is 4. The molecule has 20 heavy (non-hydrogen) atoms. The molecule has 0 saturated carbocycles. The second-order valence-electron chi connectivity index (χ2n) is 5.38. The zero-order valence-electron chi connectivity index (χ0n) is 12.6. The molecular weight excluding hydrogens is 252 g/mol. The summed E-state index contributed by atoms with van der Waals surface area (Å²) < 4.78 is 5.25. The van der Waals surface area contributed by atoms with Crippen LogP contribution in [0.2, 0.25) is 0 Å². The molecule has 1 saturated heterocycles. The Kier molecular flexibility index (Phi) is 5.68. The van der Waals surface area contributed by atoms with Crippen molar-refractivity contribution in [2.24, 2.45) is 0 Å². The average molecular weight is 278 g/mol. The molecule has 1 aliphatic heterocycles. The van der Waals surface area contributed by atoms with Crippen LogP contribution < -0.4 is 10.1 Å². The molecule has 0 unspecified atom stereocenters. The molecule has 1 aromatic carbocycles. The van der Waals surface area contributed by atoms with Crippen LogP contribution >= 0.6 is 0 Å². The normalized spacial score (nSPS) is 17.9. The summed E-state index contributed by atoms with van der Waals surface area (Å²) in [4.78, 5) is 2.54. The van der Waals surface area contributed by atoms with Crippen LogP contribution in [0.5, 0.6) is 11.5 Å². The van der Waals surface area contributed by atoms with Crippen molar-refractivity contribution >= 4 is 0 Å². The van der Waals surface area contributed by atoms with Crippen molar-refractivity contribution in [3.05, 3.63) is 23.8 Å². The zero-order chi connectivity index (χ0) is 14.4. The number of nitrogens with one attached hydrogen (secondary N) is 1. The van der Waals surface area contributed by atoms with Gasteiger partial charge >= 0.3 is 0 Å². The summed E-state index contributed by atoms with van der Waals surface area (Å²) in [5, 5.41) is 13.2. The van der Waals surface area contributed by atoms with Crippen molar-refractivity contribution in [3.63, 3.8) is 0 Å². The first-order valence-electron chi connectivity index (χ1n) is 7.58. The second-order valence-corrected chi connectivity index (χ2v) is 5.38. The Morgan fingerprint density at radius 3 is 2.75 bits per heavy atom. The molecule has 1 aromatic rings. The minimum atomic E-state index is 0.214. The summed E-state index contributed by atoms with van der Waals surface area (Å²) in [6, 6.07) is 6.18. The van der Waals surface area contributed by atoms with Crippen molar-refractivity contribution < 1.29 is 9.84 Å². The van der Waals surface area contributed by atoms with Crippen LogP contribution in [0, 0.1) is 0 Å². The summed E-state index contributed by atoms with van der Waals surface area (Å²) >= 11 is 0. The van der Waals surface area contributed by atoms with Crippen LogP contribution in [-0.2, 0) is 0 Å². The number of piperazine rings is 1. The highest BCUT2D eigenvalue weighted by atomic mass is 16.5. The summed E-state index contributed by atoms with van der Waals surface area (Å²) in [6.45, 7) is 6.50. The third-order valence-corrected chi connectivity index (χ3v) is 4.01. The van der Waals surface area contributed by atoms with Gasteiger partial charge in [-0.1, -0.05) is 25.8 Å². The van der Waals surface area contributed by atoms with Crippen LogP contribution in [0.15, 0.2) is 18.2 Å². The molecule has 1 fully saturated rings. The molecule has 0 spiro atoms. The Labute approximate surface area is 121 Å². The predicted octanol–water partition coefficient (Wildman–Crippen LogP) is 2.54. The van der Waals surface area contributed by atoms with Gasteiger partial charge in [0.2, 0.25) is 0 Å². The van der Waals surface area contributed by atoms with Gasteiger partial charge in [-0.15, -0.1) is 0 Å². The van der Waals surface area contributed by atoms with Crippen LogP contribution in [0.3, 0.4) is 0 Å². The lowest BCUT2D eigenvalue weighted by Crippen LogP contribution is -2.45. The van der Waals surface area contributed by atoms with E-state index in [0.717, 1.165) is 32.6 Å². The third-order valence-electron chi connectivity index (χ3n) is 4.01. The summed E-state index contributed by atoms with van der Waals surface area (Å²) in [7, 11) is 1.60. The van der Waals surface area contributed by atoms with E-state index >= 15 is 0 Å². The van der Waals surface area contributed by atoms with Crippen LogP contribution in [-0.4, -0.2) is 43.3 Å². The topological polar surface area (TPSA) is 44.7 Å². The minimum absolute atomic E-state index is 0.214. The van der Waals surface area contributed by atoms with Crippen molar-refractivity contribution in [1.82, 2.24) is 10.2 Å². The lowest BCUT2D eigenvalue weighted by molar-refractivity contribution is 0.163. The van der Waals surface area contributed by atoms with Crippen LogP contribution in [0.1, 0.15) is 37.8 Å². The maximum atomic E-state index is 9.75. The molecule has 0 amide bonds. The Morgan fingerprint density at radius 2 is 2.10 bits per heavy atom. The molecule has 1 aliphatic rings. The SMILES string of the molecule is CCCC[C@H](c1ccc(O)c(OC)c1)N1CCNCC1. The maximum absolute atomic E-state index is 9.75.